The third kappa shape index (κ3) is 1.69. The Morgan fingerprint density at radius 2 is 1.74 bits per heavy atom. The lowest BCUT2D eigenvalue weighted by Gasteiger charge is -2.06. The van der Waals surface area contributed by atoms with Gasteiger partial charge in [-0.15, -0.1) is 0 Å². The molecule has 2 N–H and O–H groups in total. The van der Waals surface area contributed by atoms with E-state index < -0.39 is 17.4 Å². The molecule has 0 unspecified atom stereocenters. The van der Waals surface area contributed by atoms with E-state index in [1.54, 1.807) is 12.1 Å². The molecule has 0 aliphatic carbocycles. The van der Waals surface area contributed by atoms with Crippen LogP contribution in [0.5, 0.6) is 11.5 Å². The average Bonchev–Trinajstić information content (AvgIpc) is 2.80. The van der Waals surface area contributed by atoms with Crippen LogP contribution in [0.15, 0.2) is 36.5 Å². The van der Waals surface area contributed by atoms with E-state index in [0.717, 1.165) is 12.1 Å². The minimum Gasteiger partial charge on any atom is -0.507 e. The summed E-state index contributed by atoms with van der Waals surface area (Å²) in [5.41, 5.74) is 0.623. The summed E-state index contributed by atoms with van der Waals surface area (Å²) >= 11 is 0. The zero-order valence-corrected chi connectivity index (χ0v) is 9.51. The van der Waals surface area contributed by atoms with Crippen molar-refractivity contribution in [3.63, 3.8) is 0 Å². The number of hydrogen-bond donors (Lipinski definition) is 2. The van der Waals surface area contributed by atoms with Crippen LogP contribution in [-0.4, -0.2) is 20.0 Å². The molecule has 19 heavy (non-hydrogen) atoms. The summed E-state index contributed by atoms with van der Waals surface area (Å²) in [6.45, 7) is 0. The predicted octanol–water partition coefficient (Wildman–Crippen LogP) is 2.71. The maximum atomic E-state index is 13.3. The molecule has 96 valence electrons. The standard InChI is InChI=1S/C13H8F2N2O2/c14-9-4-7(5-10(15)13(9)19)17-11-2-1-3-12(18)8(11)6-16-17/h1-6,18-19H. The first-order chi connectivity index (χ1) is 9.08. The molecule has 0 aliphatic heterocycles. The third-order valence-corrected chi connectivity index (χ3v) is 2.84. The number of halogens is 2. The Labute approximate surface area is 106 Å². The Morgan fingerprint density at radius 1 is 1.05 bits per heavy atom. The van der Waals surface area contributed by atoms with Gasteiger partial charge in [0.2, 0.25) is 0 Å². The number of nitrogens with zero attached hydrogens (tertiary/aromatic N) is 2. The fourth-order valence-electron chi connectivity index (χ4n) is 1.92. The molecule has 6 heteroatoms. The topological polar surface area (TPSA) is 58.3 Å². The number of phenolic OH excluding ortho intramolecular Hbond substituents is 2. The van der Waals surface area contributed by atoms with Crippen LogP contribution >= 0.6 is 0 Å². The molecule has 1 heterocycles. The fraction of sp³-hybridized carbons (Fsp3) is 0. The number of aromatic hydroxyl groups is 2. The van der Waals surface area contributed by atoms with Gasteiger partial charge in [0, 0.05) is 12.1 Å². The number of hydrogen-bond acceptors (Lipinski definition) is 3. The maximum absolute atomic E-state index is 13.3. The van der Waals surface area contributed by atoms with Gasteiger partial charge >= 0.3 is 0 Å². The van der Waals surface area contributed by atoms with Crippen LogP contribution in [0.3, 0.4) is 0 Å². The van der Waals surface area contributed by atoms with E-state index in [0.29, 0.717) is 10.9 Å². The van der Waals surface area contributed by atoms with E-state index in [2.05, 4.69) is 5.10 Å². The molecule has 4 nitrogen and oxygen atoms in total. The molecule has 0 spiro atoms. The lowest BCUT2D eigenvalue weighted by atomic mass is 10.2. The Bertz CT molecular complexity index is 760. The first-order valence-corrected chi connectivity index (χ1v) is 5.42. The van der Waals surface area contributed by atoms with Crippen LogP contribution < -0.4 is 0 Å². The molecule has 0 amide bonds. The molecule has 0 fully saturated rings. The second-order valence-electron chi connectivity index (χ2n) is 4.02. The van der Waals surface area contributed by atoms with Crippen LogP contribution in [0.2, 0.25) is 0 Å². The van der Waals surface area contributed by atoms with E-state index >= 15 is 0 Å². The quantitative estimate of drug-likeness (QED) is 0.709. The molecular formula is C13H8F2N2O2. The normalized spacial score (nSPS) is 11.1. The summed E-state index contributed by atoms with van der Waals surface area (Å²) < 4.78 is 27.9. The Kier molecular flexibility index (Phi) is 2.38. The Balaban J connectivity index is 2.28. The van der Waals surface area contributed by atoms with Crippen LogP contribution in [0.4, 0.5) is 8.78 Å². The number of rotatable bonds is 1. The molecular weight excluding hydrogens is 254 g/mol. The van der Waals surface area contributed by atoms with E-state index in [1.165, 1.54) is 16.9 Å². The third-order valence-electron chi connectivity index (χ3n) is 2.84. The fourth-order valence-corrected chi connectivity index (χ4v) is 1.92. The van der Waals surface area contributed by atoms with Crippen LogP contribution in [0.25, 0.3) is 16.6 Å². The minimum absolute atomic E-state index is 0.0310. The highest BCUT2D eigenvalue weighted by Crippen LogP contribution is 2.28. The summed E-state index contributed by atoms with van der Waals surface area (Å²) in [5.74, 6) is -3.14. The molecule has 0 saturated carbocycles. The minimum atomic E-state index is -1.07. The van der Waals surface area contributed by atoms with Gasteiger partial charge in [0.1, 0.15) is 5.75 Å². The van der Waals surface area contributed by atoms with Crippen molar-refractivity contribution in [1.82, 2.24) is 9.78 Å². The van der Waals surface area contributed by atoms with Gasteiger partial charge in [-0.25, -0.2) is 13.5 Å². The van der Waals surface area contributed by atoms with E-state index in [4.69, 9.17) is 5.11 Å². The lowest BCUT2D eigenvalue weighted by molar-refractivity contribution is 0.396. The molecule has 2 aromatic carbocycles. The van der Waals surface area contributed by atoms with Gasteiger partial charge in [-0.3, -0.25) is 0 Å². The summed E-state index contributed by atoms with van der Waals surface area (Å²) in [6.07, 6.45) is 1.40. The molecule has 0 radical (unpaired) electrons. The zero-order valence-electron chi connectivity index (χ0n) is 9.51. The molecule has 0 bridgehead atoms. The van der Waals surface area contributed by atoms with Gasteiger partial charge in [-0.1, -0.05) is 6.07 Å². The Morgan fingerprint density at radius 3 is 2.42 bits per heavy atom. The van der Waals surface area contributed by atoms with Crippen molar-refractivity contribution in [2.45, 2.75) is 0 Å². The van der Waals surface area contributed by atoms with Crippen LogP contribution in [0.1, 0.15) is 0 Å². The summed E-state index contributed by atoms with van der Waals surface area (Å²) in [5, 5.41) is 23.2. The molecule has 0 saturated heterocycles. The second-order valence-corrected chi connectivity index (χ2v) is 4.02. The van der Waals surface area contributed by atoms with Gasteiger partial charge in [0.15, 0.2) is 17.4 Å². The Hall–Kier alpha value is -2.63. The first-order valence-electron chi connectivity index (χ1n) is 5.42. The molecule has 3 rings (SSSR count). The van der Waals surface area contributed by atoms with Gasteiger partial charge in [0.05, 0.1) is 22.8 Å². The number of aromatic nitrogens is 2. The lowest BCUT2D eigenvalue weighted by Crippen LogP contribution is -1.98. The second kappa shape index (κ2) is 3.94. The monoisotopic (exact) mass is 262 g/mol. The SMILES string of the molecule is Oc1c(F)cc(-n2ncc3c(O)cccc32)cc1F. The van der Waals surface area contributed by atoms with E-state index in [-0.39, 0.29) is 11.4 Å². The highest BCUT2D eigenvalue weighted by Gasteiger charge is 2.13. The van der Waals surface area contributed by atoms with Crippen molar-refractivity contribution in [3.8, 4) is 17.2 Å². The van der Waals surface area contributed by atoms with Gasteiger partial charge in [0.25, 0.3) is 0 Å². The highest BCUT2D eigenvalue weighted by molar-refractivity contribution is 5.86. The van der Waals surface area contributed by atoms with Crippen molar-refractivity contribution in [2.75, 3.05) is 0 Å². The van der Waals surface area contributed by atoms with Crippen molar-refractivity contribution in [1.29, 1.82) is 0 Å². The number of fused-ring (bicyclic) bond motifs is 1. The van der Waals surface area contributed by atoms with Crippen molar-refractivity contribution < 1.29 is 19.0 Å². The number of phenols is 2. The molecule has 3 aromatic rings. The maximum Gasteiger partial charge on any atom is 0.187 e. The largest absolute Gasteiger partial charge is 0.507 e. The summed E-state index contributed by atoms with van der Waals surface area (Å²) in [6, 6.07) is 6.68. The van der Waals surface area contributed by atoms with Crippen LogP contribution in [-0.2, 0) is 0 Å². The van der Waals surface area contributed by atoms with E-state index in [9.17, 15) is 13.9 Å². The summed E-state index contributed by atoms with van der Waals surface area (Å²) in [7, 11) is 0. The predicted molar refractivity (Wildman–Crippen MR) is 64.3 cm³/mol. The molecule has 1 aromatic heterocycles. The average molecular weight is 262 g/mol. The van der Waals surface area contributed by atoms with Crippen molar-refractivity contribution in [2.24, 2.45) is 0 Å². The van der Waals surface area contributed by atoms with Gasteiger partial charge in [-0.05, 0) is 12.1 Å². The van der Waals surface area contributed by atoms with Gasteiger partial charge in [-0.2, -0.15) is 5.10 Å². The summed E-state index contributed by atoms with van der Waals surface area (Å²) in [4.78, 5) is 0. The smallest absolute Gasteiger partial charge is 0.187 e. The van der Waals surface area contributed by atoms with E-state index in [1.807, 2.05) is 0 Å². The first kappa shape index (κ1) is 11.5. The van der Waals surface area contributed by atoms with Crippen molar-refractivity contribution >= 4 is 10.9 Å². The molecule has 0 aliphatic rings. The van der Waals surface area contributed by atoms with Crippen molar-refractivity contribution in [3.05, 3.63) is 48.2 Å². The van der Waals surface area contributed by atoms with Crippen LogP contribution in [0, 0.1) is 11.6 Å². The van der Waals surface area contributed by atoms with Gasteiger partial charge < -0.3 is 10.2 Å². The highest BCUT2D eigenvalue weighted by atomic mass is 19.1. The number of benzene rings is 2. The zero-order chi connectivity index (χ0) is 13.6. The molecule has 0 atom stereocenters.